The number of esters is 1. The Kier molecular flexibility index (Phi) is 5.48. The van der Waals surface area contributed by atoms with Gasteiger partial charge in [-0.05, 0) is 50.3 Å². The normalized spacial score (nSPS) is 26.1. The molecule has 0 saturated carbocycles. The van der Waals surface area contributed by atoms with Crippen LogP contribution in [0.5, 0.6) is 0 Å². The molecular formula is C25H29N3O3. The number of rotatable bonds is 6. The Balaban J connectivity index is 1.47. The van der Waals surface area contributed by atoms with E-state index in [1.807, 2.05) is 37.4 Å². The van der Waals surface area contributed by atoms with E-state index in [-0.39, 0.29) is 24.5 Å². The van der Waals surface area contributed by atoms with Crippen molar-refractivity contribution in [2.45, 2.75) is 51.7 Å². The van der Waals surface area contributed by atoms with Gasteiger partial charge in [-0.25, -0.2) is 0 Å². The molecule has 6 rings (SSSR count). The largest absolute Gasteiger partial charge is 0.455 e. The molecule has 3 aliphatic heterocycles. The maximum atomic E-state index is 13.0. The fourth-order valence-electron chi connectivity index (χ4n) is 5.50. The summed E-state index contributed by atoms with van der Waals surface area (Å²) in [5, 5.41) is 4.94. The summed E-state index contributed by atoms with van der Waals surface area (Å²) in [6.45, 7) is 6.30. The Labute approximate surface area is 182 Å². The van der Waals surface area contributed by atoms with Gasteiger partial charge >= 0.3 is 5.97 Å². The van der Waals surface area contributed by atoms with Gasteiger partial charge in [-0.1, -0.05) is 36.7 Å². The van der Waals surface area contributed by atoms with Gasteiger partial charge in [-0.3, -0.25) is 14.7 Å². The summed E-state index contributed by atoms with van der Waals surface area (Å²) >= 11 is 0. The third-order valence-electron chi connectivity index (χ3n) is 7.05. The average Bonchev–Trinajstić information content (AvgIpc) is 3.21. The molecule has 3 fully saturated rings. The van der Waals surface area contributed by atoms with Gasteiger partial charge in [0, 0.05) is 29.8 Å². The monoisotopic (exact) mass is 419 g/mol. The maximum Gasteiger partial charge on any atom is 0.314 e. The van der Waals surface area contributed by atoms with Crippen LogP contribution in [0.4, 0.5) is 0 Å². The number of pyridine rings is 1. The van der Waals surface area contributed by atoms with E-state index < -0.39 is 0 Å². The molecule has 0 aliphatic carbocycles. The molecule has 1 aromatic carbocycles. The second kappa shape index (κ2) is 8.42. The van der Waals surface area contributed by atoms with Crippen molar-refractivity contribution in [3.8, 4) is 0 Å². The average molecular weight is 420 g/mol. The highest BCUT2D eigenvalue weighted by Gasteiger charge is 2.44. The van der Waals surface area contributed by atoms with E-state index in [2.05, 4.69) is 28.0 Å². The Bertz CT molecular complexity index is 1070. The van der Waals surface area contributed by atoms with Gasteiger partial charge in [0.2, 0.25) is 0 Å². The summed E-state index contributed by atoms with van der Waals surface area (Å²) in [7, 11) is 0. The Hall–Kier alpha value is -2.73. The fraction of sp³-hybridized carbons (Fsp3) is 0.480. The third-order valence-corrected chi connectivity index (χ3v) is 7.05. The predicted octanol–water partition coefficient (Wildman–Crippen LogP) is 4.48. The minimum Gasteiger partial charge on any atom is -0.455 e. The van der Waals surface area contributed by atoms with Crippen molar-refractivity contribution in [3.63, 3.8) is 0 Å². The summed E-state index contributed by atoms with van der Waals surface area (Å²) in [6.07, 6.45) is 5.10. The molecule has 3 aromatic rings. The van der Waals surface area contributed by atoms with E-state index in [4.69, 9.17) is 9.26 Å². The van der Waals surface area contributed by atoms with Crippen molar-refractivity contribution in [1.82, 2.24) is 15.0 Å². The van der Waals surface area contributed by atoms with Crippen LogP contribution in [0.2, 0.25) is 0 Å². The van der Waals surface area contributed by atoms with Crippen LogP contribution in [-0.4, -0.2) is 40.1 Å². The Morgan fingerprint density at radius 3 is 2.94 bits per heavy atom. The highest BCUT2D eigenvalue weighted by atomic mass is 16.5. The fourth-order valence-corrected chi connectivity index (χ4v) is 5.50. The SMILES string of the molecule is CC[C@H]1CN2CC[C@H]1C[C@H]2[C@H](OC(=O)Cc1cc(C)no1)c1ccnc2ccccc12. The number of piperidine rings is 3. The Morgan fingerprint density at radius 1 is 1.32 bits per heavy atom. The van der Waals surface area contributed by atoms with Gasteiger partial charge in [-0.15, -0.1) is 0 Å². The van der Waals surface area contributed by atoms with E-state index in [0.29, 0.717) is 11.7 Å². The van der Waals surface area contributed by atoms with E-state index in [1.165, 1.54) is 12.8 Å². The van der Waals surface area contributed by atoms with Gasteiger partial charge in [0.15, 0.2) is 0 Å². The van der Waals surface area contributed by atoms with E-state index in [1.54, 1.807) is 6.07 Å². The number of nitrogens with zero attached hydrogens (tertiary/aromatic N) is 3. The van der Waals surface area contributed by atoms with E-state index in [0.717, 1.165) is 47.6 Å². The zero-order valence-corrected chi connectivity index (χ0v) is 18.2. The van der Waals surface area contributed by atoms with Crippen molar-refractivity contribution in [2.75, 3.05) is 13.1 Å². The lowest BCUT2D eigenvalue weighted by atomic mass is 9.72. The summed E-state index contributed by atoms with van der Waals surface area (Å²) in [5.41, 5.74) is 2.73. The molecule has 6 heteroatoms. The standard InChI is InChI=1S/C25H29N3O3/c1-3-17-15-28-11-9-18(17)13-23(28)25(30-24(29)14-19-12-16(2)27-31-19)21-8-10-26-22-7-5-4-6-20(21)22/h4-8,10,12,17-18,23,25H,3,9,11,13-15H2,1-2H3/t17-,18-,23-,25+/m0/s1. The number of fused-ring (bicyclic) bond motifs is 4. The lowest BCUT2D eigenvalue weighted by Gasteiger charge is -2.51. The molecule has 2 aromatic heterocycles. The topological polar surface area (TPSA) is 68.5 Å². The molecule has 1 unspecified atom stereocenters. The first-order valence-electron chi connectivity index (χ1n) is 11.3. The second-order valence-electron chi connectivity index (χ2n) is 8.95. The van der Waals surface area contributed by atoms with Crippen LogP contribution in [0.15, 0.2) is 47.1 Å². The number of aryl methyl sites for hydroxylation is 1. The number of para-hydroxylation sites is 1. The molecule has 5 atom stereocenters. The minimum absolute atomic E-state index is 0.0914. The van der Waals surface area contributed by atoms with Crippen molar-refractivity contribution >= 4 is 16.9 Å². The molecule has 2 bridgehead atoms. The van der Waals surface area contributed by atoms with Crippen molar-refractivity contribution in [2.24, 2.45) is 11.8 Å². The third kappa shape index (κ3) is 3.97. The number of ether oxygens (including phenoxy) is 1. The first-order chi connectivity index (χ1) is 15.1. The summed E-state index contributed by atoms with van der Waals surface area (Å²) < 4.78 is 11.5. The molecule has 6 nitrogen and oxygen atoms in total. The van der Waals surface area contributed by atoms with Crippen molar-refractivity contribution < 1.29 is 14.1 Å². The van der Waals surface area contributed by atoms with Crippen LogP contribution in [-0.2, 0) is 16.0 Å². The van der Waals surface area contributed by atoms with E-state index >= 15 is 0 Å². The van der Waals surface area contributed by atoms with Crippen LogP contribution in [0, 0.1) is 18.8 Å². The van der Waals surface area contributed by atoms with E-state index in [9.17, 15) is 4.79 Å². The number of carbonyl (C=O) groups is 1. The number of aromatic nitrogens is 2. The molecule has 0 N–H and O–H groups in total. The zero-order valence-electron chi connectivity index (χ0n) is 18.2. The molecule has 3 saturated heterocycles. The smallest absolute Gasteiger partial charge is 0.314 e. The molecule has 3 aliphatic rings. The quantitative estimate of drug-likeness (QED) is 0.549. The summed E-state index contributed by atoms with van der Waals surface area (Å²) in [5.74, 6) is 1.70. The molecular weight excluding hydrogens is 390 g/mol. The predicted molar refractivity (Wildman–Crippen MR) is 117 cm³/mol. The number of benzene rings is 1. The van der Waals surface area contributed by atoms with Gasteiger partial charge in [0.25, 0.3) is 0 Å². The van der Waals surface area contributed by atoms with Gasteiger partial charge < -0.3 is 9.26 Å². The van der Waals surface area contributed by atoms with Crippen molar-refractivity contribution in [1.29, 1.82) is 0 Å². The molecule has 31 heavy (non-hydrogen) atoms. The number of carbonyl (C=O) groups excluding carboxylic acids is 1. The summed E-state index contributed by atoms with van der Waals surface area (Å²) in [4.78, 5) is 20.0. The minimum atomic E-state index is -0.329. The van der Waals surface area contributed by atoms with Crippen LogP contribution < -0.4 is 0 Å². The van der Waals surface area contributed by atoms with Crippen LogP contribution in [0.3, 0.4) is 0 Å². The van der Waals surface area contributed by atoms with Crippen LogP contribution in [0.1, 0.15) is 49.3 Å². The highest BCUT2D eigenvalue weighted by Crippen LogP contribution is 2.44. The van der Waals surface area contributed by atoms with Crippen LogP contribution >= 0.6 is 0 Å². The molecule has 5 heterocycles. The highest BCUT2D eigenvalue weighted by molar-refractivity contribution is 5.83. The zero-order chi connectivity index (χ0) is 21.4. The number of hydrogen-bond donors (Lipinski definition) is 0. The van der Waals surface area contributed by atoms with Gasteiger partial charge in [0.05, 0.1) is 17.3 Å². The lowest BCUT2D eigenvalue weighted by molar-refractivity contribution is -0.157. The summed E-state index contributed by atoms with van der Waals surface area (Å²) in [6, 6.07) is 12.1. The Morgan fingerprint density at radius 2 is 2.19 bits per heavy atom. The first-order valence-corrected chi connectivity index (χ1v) is 11.3. The first kappa shape index (κ1) is 20.2. The molecule has 0 radical (unpaired) electrons. The lowest BCUT2D eigenvalue weighted by Crippen LogP contribution is -2.55. The van der Waals surface area contributed by atoms with Gasteiger partial charge in [-0.2, -0.15) is 0 Å². The van der Waals surface area contributed by atoms with Crippen molar-refractivity contribution in [3.05, 3.63) is 59.6 Å². The van der Waals surface area contributed by atoms with Gasteiger partial charge in [0.1, 0.15) is 18.3 Å². The van der Waals surface area contributed by atoms with Crippen LogP contribution in [0.25, 0.3) is 10.9 Å². The number of hydrogen-bond acceptors (Lipinski definition) is 6. The second-order valence-corrected chi connectivity index (χ2v) is 8.95. The molecule has 0 amide bonds. The maximum absolute atomic E-state index is 13.0. The molecule has 0 spiro atoms. The molecule has 162 valence electrons.